The minimum Gasteiger partial charge on any atom is -0.508 e. The highest BCUT2D eigenvalue weighted by Gasteiger charge is 2.32. The van der Waals surface area contributed by atoms with E-state index in [-0.39, 0.29) is 25.0 Å². The second kappa shape index (κ2) is 14.4. The molecule has 0 spiro atoms. The van der Waals surface area contributed by atoms with E-state index < -0.39 is 72.0 Å². The fourth-order valence-electron chi connectivity index (χ4n) is 3.26. The molecule has 37 heavy (non-hydrogen) atoms. The number of hydrogen-bond donors (Lipinski definition) is 8. The Labute approximate surface area is 213 Å². The molecule has 4 atom stereocenters. The number of phenols is 1. The molecule has 1 aromatic rings. The Kier molecular flexibility index (Phi) is 12.0. The van der Waals surface area contributed by atoms with Gasteiger partial charge in [0.25, 0.3) is 0 Å². The molecule has 0 aliphatic heterocycles. The number of nitrogens with two attached hydrogens (primary N) is 3. The Hall–Kier alpha value is -4.20. The van der Waals surface area contributed by atoms with Crippen LogP contribution in [-0.2, 0) is 35.2 Å². The normalized spacial score (nSPS) is 14.1. The standard InChI is InChI=1S/C23H34N6O8/c1-11(2)19(22(35)27-15(23(36)37)7-8-17(25)31)29-21(34)16(9-12-3-5-13(30)6-4-12)28-20(33)14(24)10-18(26)32/h3-6,11,14-16,19,30H,7-10,24H2,1-2H3,(H2,25,31)(H2,26,32)(H,27,35)(H,28,33)(H,29,34)(H,36,37). The zero-order valence-electron chi connectivity index (χ0n) is 20.6. The van der Waals surface area contributed by atoms with Crippen molar-refractivity contribution in [3.8, 4) is 5.75 Å². The van der Waals surface area contributed by atoms with E-state index in [0.717, 1.165) is 0 Å². The second-order valence-corrected chi connectivity index (χ2v) is 8.84. The predicted molar refractivity (Wildman–Crippen MR) is 130 cm³/mol. The van der Waals surface area contributed by atoms with Crippen LogP contribution in [-0.4, -0.2) is 69.9 Å². The molecule has 0 fully saturated rings. The van der Waals surface area contributed by atoms with E-state index in [1.807, 2.05) is 0 Å². The SMILES string of the molecule is CC(C)C(NC(=O)C(Cc1ccc(O)cc1)NC(=O)C(N)CC(N)=O)C(=O)NC(CCC(N)=O)C(=O)O. The smallest absolute Gasteiger partial charge is 0.326 e. The van der Waals surface area contributed by atoms with Gasteiger partial charge in [0.15, 0.2) is 0 Å². The fourth-order valence-corrected chi connectivity index (χ4v) is 3.26. The van der Waals surface area contributed by atoms with Crippen LogP contribution in [0.25, 0.3) is 0 Å². The van der Waals surface area contributed by atoms with E-state index in [1.54, 1.807) is 13.8 Å². The number of primary amides is 2. The van der Waals surface area contributed by atoms with Crippen LogP contribution in [0.5, 0.6) is 5.75 Å². The molecule has 14 heteroatoms. The molecular formula is C23H34N6O8. The zero-order chi connectivity index (χ0) is 28.3. The largest absolute Gasteiger partial charge is 0.508 e. The van der Waals surface area contributed by atoms with Gasteiger partial charge in [-0.1, -0.05) is 26.0 Å². The van der Waals surface area contributed by atoms with Gasteiger partial charge < -0.3 is 43.4 Å². The quantitative estimate of drug-likeness (QED) is 0.122. The maximum absolute atomic E-state index is 13.2. The van der Waals surface area contributed by atoms with Crippen molar-refractivity contribution in [1.82, 2.24) is 16.0 Å². The third kappa shape index (κ3) is 10.9. The van der Waals surface area contributed by atoms with Gasteiger partial charge in [0.2, 0.25) is 29.5 Å². The number of amides is 5. The van der Waals surface area contributed by atoms with Crippen molar-refractivity contribution in [2.75, 3.05) is 0 Å². The van der Waals surface area contributed by atoms with Gasteiger partial charge >= 0.3 is 5.97 Å². The first-order chi connectivity index (χ1) is 17.2. The van der Waals surface area contributed by atoms with E-state index in [1.165, 1.54) is 24.3 Å². The number of carbonyl (C=O) groups is 6. The van der Waals surface area contributed by atoms with E-state index in [0.29, 0.717) is 5.56 Å². The van der Waals surface area contributed by atoms with Crippen molar-refractivity contribution in [3.05, 3.63) is 29.8 Å². The van der Waals surface area contributed by atoms with E-state index in [4.69, 9.17) is 17.2 Å². The van der Waals surface area contributed by atoms with Crippen molar-refractivity contribution >= 4 is 35.5 Å². The monoisotopic (exact) mass is 522 g/mol. The lowest BCUT2D eigenvalue weighted by Gasteiger charge is -2.27. The number of carboxylic acids is 1. The molecule has 204 valence electrons. The van der Waals surface area contributed by atoms with Gasteiger partial charge in [-0.3, -0.25) is 24.0 Å². The van der Waals surface area contributed by atoms with Gasteiger partial charge in [0.05, 0.1) is 12.5 Å². The lowest BCUT2D eigenvalue weighted by Crippen LogP contribution is -2.59. The Morgan fingerprint density at radius 1 is 0.838 bits per heavy atom. The number of rotatable bonds is 15. The molecular weight excluding hydrogens is 488 g/mol. The van der Waals surface area contributed by atoms with Gasteiger partial charge in [-0.25, -0.2) is 4.79 Å². The third-order valence-corrected chi connectivity index (χ3v) is 5.31. The molecule has 0 radical (unpaired) electrons. The maximum Gasteiger partial charge on any atom is 0.326 e. The number of benzene rings is 1. The van der Waals surface area contributed by atoms with Gasteiger partial charge in [0, 0.05) is 12.8 Å². The molecule has 0 heterocycles. The third-order valence-electron chi connectivity index (χ3n) is 5.31. The van der Waals surface area contributed by atoms with Crippen LogP contribution < -0.4 is 33.2 Å². The summed E-state index contributed by atoms with van der Waals surface area (Å²) in [6, 6.07) is 0.607. The summed E-state index contributed by atoms with van der Waals surface area (Å²) < 4.78 is 0. The highest BCUT2D eigenvalue weighted by Crippen LogP contribution is 2.12. The summed E-state index contributed by atoms with van der Waals surface area (Å²) in [4.78, 5) is 72.2. The lowest BCUT2D eigenvalue weighted by molar-refractivity contribution is -0.143. The highest BCUT2D eigenvalue weighted by molar-refractivity contribution is 5.95. The summed E-state index contributed by atoms with van der Waals surface area (Å²) in [5.41, 5.74) is 16.4. The van der Waals surface area contributed by atoms with E-state index in [9.17, 15) is 39.0 Å². The van der Waals surface area contributed by atoms with Crippen molar-refractivity contribution in [3.63, 3.8) is 0 Å². The Balaban J connectivity index is 3.10. The molecule has 0 aliphatic carbocycles. The van der Waals surface area contributed by atoms with Gasteiger partial charge in [-0.15, -0.1) is 0 Å². The first-order valence-electron chi connectivity index (χ1n) is 11.4. The molecule has 0 bridgehead atoms. The molecule has 0 aliphatic rings. The van der Waals surface area contributed by atoms with Crippen molar-refractivity contribution in [1.29, 1.82) is 0 Å². The van der Waals surface area contributed by atoms with Crippen molar-refractivity contribution in [2.24, 2.45) is 23.1 Å². The topological polar surface area (TPSA) is 257 Å². The number of carboxylic acid groups (broad SMARTS) is 1. The zero-order valence-corrected chi connectivity index (χ0v) is 20.6. The second-order valence-electron chi connectivity index (χ2n) is 8.84. The van der Waals surface area contributed by atoms with Crippen molar-refractivity contribution in [2.45, 2.75) is 63.7 Å². The minimum absolute atomic E-state index is 0.0156. The highest BCUT2D eigenvalue weighted by atomic mass is 16.4. The van der Waals surface area contributed by atoms with Gasteiger partial charge in [0.1, 0.15) is 23.9 Å². The Bertz CT molecular complexity index is 997. The number of carbonyl (C=O) groups excluding carboxylic acids is 5. The summed E-state index contributed by atoms with van der Waals surface area (Å²) in [7, 11) is 0. The average Bonchev–Trinajstić information content (AvgIpc) is 2.79. The van der Waals surface area contributed by atoms with Crippen LogP contribution in [0, 0.1) is 5.92 Å². The van der Waals surface area contributed by atoms with E-state index >= 15 is 0 Å². The van der Waals surface area contributed by atoms with Crippen LogP contribution in [0.3, 0.4) is 0 Å². The van der Waals surface area contributed by atoms with Crippen LogP contribution in [0.4, 0.5) is 0 Å². The molecule has 0 saturated heterocycles. The maximum atomic E-state index is 13.2. The fraction of sp³-hybridized carbons (Fsp3) is 0.478. The van der Waals surface area contributed by atoms with Crippen LogP contribution in [0.15, 0.2) is 24.3 Å². The molecule has 0 aromatic heterocycles. The average molecular weight is 523 g/mol. The first kappa shape index (κ1) is 30.8. The number of phenolic OH excluding ortho intramolecular Hbond substituents is 1. The van der Waals surface area contributed by atoms with Crippen LogP contribution >= 0.6 is 0 Å². The van der Waals surface area contributed by atoms with Crippen LogP contribution in [0.1, 0.15) is 38.7 Å². The Morgan fingerprint density at radius 3 is 1.89 bits per heavy atom. The van der Waals surface area contributed by atoms with Gasteiger partial charge in [-0.2, -0.15) is 0 Å². The van der Waals surface area contributed by atoms with Crippen molar-refractivity contribution < 1.29 is 39.0 Å². The predicted octanol–water partition coefficient (Wildman–Crippen LogP) is -2.40. The molecule has 0 saturated carbocycles. The number of hydrogen-bond acceptors (Lipinski definition) is 8. The number of aliphatic carboxylic acids is 1. The summed E-state index contributed by atoms with van der Waals surface area (Å²) in [5, 5.41) is 26.1. The summed E-state index contributed by atoms with van der Waals surface area (Å²) in [6.07, 6.45) is -1.04. The van der Waals surface area contributed by atoms with Crippen LogP contribution in [0.2, 0.25) is 0 Å². The molecule has 11 N–H and O–H groups in total. The molecule has 1 rings (SSSR count). The van der Waals surface area contributed by atoms with Gasteiger partial charge in [-0.05, 0) is 30.0 Å². The number of aromatic hydroxyl groups is 1. The molecule has 4 unspecified atom stereocenters. The van der Waals surface area contributed by atoms with E-state index in [2.05, 4.69) is 16.0 Å². The molecule has 5 amide bonds. The molecule has 1 aromatic carbocycles. The Morgan fingerprint density at radius 2 is 1.41 bits per heavy atom. The summed E-state index contributed by atoms with van der Waals surface area (Å²) >= 11 is 0. The summed E-state index contributed by atoms with van der Waals surface area (Å²) in [6.45, 7) is 3.22. The lowest BCUT2D eigenvalue weighted by atomic mass is 10.00. The minimum atomic E-state index is -1.42. The summed E-state index contributed by atoms with van der Waals surface area (Å²) in [5.74, 6) is -5.90. The number of nitrogens with one attached hydrogen (secondary N) is 3. The first-order valence-corrected chi connectivity index (χ1v) is 11.4. The molecule has 14 nitrogen and oxygen atoms in total.